The van der Waals surface area contributed by atoms with Crippen LogP contribution in [0, 0.1) is 5.92 Å². The SMILES string of the molecule is CC(C)C[C@@H](C(=O)OCCCCl)N(C)C(=O)OCCCCl. The van der Waals surface area contributed by atoms with Gasteiger partial charge < -0.3 is 9.47 Å². The van der Waals surface area contributed by atoms with E-state index in [2.05, 4.69) is 0 Å². The van der Waals surface area contributed by atoms with E-state index in [0.717, 1.165) is 0 Å². The van der Waals surface area contributed by atoms with Gasteiger partial charge in [0.2, 0.25) is 0 Å². The van der Waals surface area contributed by atoms with Gasteiger partial charge in [-0.15, -0.1) is 23.2 Å². The summed E-state index contributed by atoms with van der Waals surface area (Å²) in [5.74, 6) is 0.671. The van der Waals surface area contributed by atoms with Crippen LogP contribution in [0.5, 0.6) is 0 Å². The second kappa shape index (κ2) is 11.9. The summed E-state index contributed by atoms with van der Waals surface area (Å²) in [5, 5.41) is 0. The molecule has 0 aromatic carbocycles. The minimum atomic E-state index is -0.649. The highest BCUT2D eigenvalue weighted by atomic mass is 35.5. The molecule has 0 bridgehead atoms. The van der Waals surface area contributed by atoms with Crippen molar-refractivity contribution >= 4 is 35.3 Å². The van der Waals surface area contributed by atoms with Crippen LogP contribution < -0.4 is 0 Å². The number of likely N-dealkylation sites (N-methyl/N-ethyl adjacent to an activating group) is 1. The number of rotatable bonds is 10. The van der Waals surface area contributed by atoms with Gasteiger partial charge in [-0.1, -0.05) is 13.8 Å². The summed E-state index contributed by atoms with van der Waals surface area (Å²) in [6.45, 7) is 4.45. The Morgan fingerprint density at radius 3 is 2.05 bits per heavy atom. The maximum atomic E-state index is 12.1. The molecule has 21 heavy (non-hydrogen) atoms. The Kier molecular flexibility index (Phi) is 11.5. The predicted octanol–water partition coefficient (Wildman–Crippen LogP) is 3.27. The molecule has 0 aromatic rings. The molecule has 0 saturated carbocycles. The molecule has 1 amide bonds. The summed E-state index contributed by atoms with van der Waals surface area (Å²) in [6.07, 6.45) is 1.14. The number of esters is 1. The van der Waals surface area contributed by atoms with Crippen LogP contribution in [0.3, 0.4) is 0 Å². The average molecular weight is 342 g/mol. The third kappa shape index (κ3) is 9.04. The topological polar surface area (TPSA) is 55.8 Å². The minimum absolute atomic E-state index is 0.238. The van der Waals surface area contributed by atoms with Gasteiger partial charge in [-0.25, -0.2) is 9.59 Å². The first-order valence-electron chi connectivity index (χ1n) is 7.12. The number of ether oxygens (including phenoxy) is 2. The van der Waals surface area contributed by atoms with E-state index < -0.39 is 18.1 Å². The summed E-state index contributed by atoms with van der Waals surface area (Å²) in [5.41, 5.74) is 0. The number of carbonyl (C=O) groups is 2. The van der Waals surface area contributed by atoms with Crippen molar-refractivity contribution < 1.29 is 19.1 Å². The number of nitrogens with zero attached hydrogens (tertiary/aromatic N) is 1. The Morgan fingerprint density at radius 1 is 1.05 bits per heavy atom. The van der Waals surface area contributed by atoms with Gasteiger partial charge in [0.05, 0.1) is 13.2 Å². The quantitative estimate of drug-likeness (QED) is 0.347. The predicted molar refractivity (Wildman–Crippen MR) is 84.0 cm³/mol. The summed E-state index contributed by atoms with van der Waals surface area (Å²) >= 11 is 11.1. The van der Waals surface area contributed by atoms with Crippen LogP contribution in [0.1, 0.15) is 33.1 Å². The molecule has 0 unspecified atom stereocenters. The number of hydrogen-bond donors (Lipinski definition) is 0. The third-order valence-corrected chi connectivity index (χ3v) is 3.28. The van der Waals surface area contributed by atoms with Crippen molar-refractivity contribution in [3.8, 4) is 0 Å². The van der Waals surface area contributed by atoms with Crippen LogP contribution >= 0.6 is 23.2 Å². The zero-order valence-electron chi connectivity index (χ0n) is 12.9. The van der Waals surface area contributed by atoms with E-state index in [-0.39, 0.29) is 19.1 Å². The lowest BCUT2D eigenvalue weighted by atomic mass is 10.0. The maximum absolute atomic E-state index is 12.1. The first-order valence-corrected chi connectivity index (χ1v) is 8.19. The number of halogens is 2. The smallest absolute Gasteiger partial charge is 0.410 e. The molecule has 0 fully saturated rings. The molecule has 0 aliphatic carbocycles. The van der Waals surface area contributed by atoms with Crippen molar-refractivity contribution in [1.29, 1.82) is 0 Å². The Morgan fingerprint density at radius 2 is 1.57 bits per heavy atom. The zero-order valence-corrected chi connectivity index (χ0v) is 14.5. The molecule has 0 radical (unpaired) electrons. The number of carbonyl (C=O) groups excluding carboxylic acids is 2. The monoisotopic (exact) mass is 341 g/mol. The van der Waals surface area contributed by atoms with Gasteiger partial charge in [-0.3, -0.25) is 4.90 Å². The Bertz CT molecular complexity index is 313. The Labute approximate surface area is 136 Å². The lowest BCUT2D eigenvalue weighted by Gasteiger charge is -2.27. The van der Waals surface area contributed by atoms with E-state index in [4.69, 9.17) is 32.7 Å². The van der Waals surface area contributed by atoms with Crippen molar-refractivity contribution in [3.63, 3.8) is 0 Å². The third-order valence-electron chi connectivity index (χ3n) is 2.75. The van der Waals surface area contributed by atoms with Crippen molar-refractivity contribution in [3.05, 3.63) is 0 Å². The summed E-state index contributed by atoms with van der Waals surface area (Å²) < 4.78 is 10.2. The van der Waals surface area contributed by atoms with Gasteiger partial charge in [0, 0.05) is 18.8 Å². The van der Waals surface area contributed by atoms with Crippen LogP contribution in [0.2, 0.25) is 0 Å². The van der Waals surface area contributed by atoms with Gasteiger partial charge >= 0.3 is 12.1 Å². The van der Waals surface area contributed by atoms with E-state index in [1.54, 1.807) is 7.05 Å². The highest BCUT2D eigenvalue weighted by Gasteiger charge is 2.29. The molecule has 124 valence electrons. The van der Waals surface area contributed by atoms with Gasteiger partial charge in [-0.2, -0.15) is 0 Å². The molecule has 0 saturated heterocycles. The van der Waals surface area contributed by atoms with Gasteiger partial charge in [0.25, 0.3) is 0 Å². The van der Waals surface area contributed by atoms with Crippen LogP contribution in [0.25, 0.3) is 0 Å². The van der Waals surface area contributed by atoms with E-state index in [9.17, 15) is 9.59 Å². The normalized spacial score (nSPS) is 12.1. The van der Waals surface area contributed by atoms with Gasteiger partial charge in [0.15, 0.2) is 0 Å². The molecule has 0 aliphatic rings. The molecule has 1 atom stereocenters. The highest BCUT2D eigenvalue weighted by Crippen LogP contribution is 2.13. The molecule has 0 N–H and O–H groups in total. The first-order chi connectivity index (χ1) is 9.93. The van der Waals surface area contributed by atoms with Crippen LogP contribution in [0.15, 0.2) is 0 Å². The number of amides is 1. The van der Waals surface area contributed by atoms with Crippen molar-refractivity contribution in [1.82, 2.24) is 4.90 Å². The molecule has 0 aromatic heterocycles. The first kappa shape index (κ1) is 20.3. The number of hydrogen-bond acceptors (Lipinski definition) is 4. The minimum Gasteiger partial charge on any atom is -0.464 e. The van der Waals surface area contributed by atoms with Gasteiger partial charge in [-0.05, 0) is 25.2 Å². The van der Waals surface area contributed by atoms with Crippen molar-refractivity contribution in [2.45, 2.75) is 39.2 Å². The second-order valence-electron chi connectivity index (χ2n) is 5.12. The summed E-state index contributed by atoms with van der Waals surface area (Å²) in [4.78, 5) is 25.3. The maximum Gasteiger partial charge on any atom is 0.410 e. The highest BCUT2D eigenvalue weighted by molar-refractivity contribution is 6.18. The molecule has 0 aliphatic heterocycles. The van der Waals surface area contributed by atoms with Crippen LogP contribution in [-0.4, -0.2) is 55.0 Å². The summed E-state index contributed by atoms with van der Waals surface area (Å²) in [7, 11) is 1.54. The lowest BCUT2D eigenvalue weighted by molar-refractivity contribution is -0.149. The van der Waals surface area contributed by atoms with E-state index in [0.29, 0.717) is 31.0 Å². The van der Waals surface area contributed by atoms with Crippen molar-refractivity contribution in [2.24, 2.45) is 5.92 Å². The molecular weight excluding hydrogens is 317 g/mol. The Balaban J connectivity index is 4.56. The zero-order chi connectivity index (χ0) is 16.3. The van der Waals surface area contributed by atoms with Gasteiger partial charge in [0.1, 0.15) is 6.04 Å². The van der Waals surface area contributed by atoms with E-state index in [1.165, 1.54) is 4.90 Å². The molecule has 0 heterocycles. The molecule has 7 heteroatoms. The largest absolute Gasteiger partial charge is 0.464 e. The molecule has 0 rings (SSSR count). The molecule has 5 nitrogen and oxygen atoms in total. The van der Waals surface area contributed by atoms with Crippen molar-refractivity contribution in [2.75, 3.05) is 32.0 Å². The standard InChI is InChI=1S/C14H25Cl2NO4/c1-11(2)10-12(13(18)20-8-4-6-15)17(3)14(19)21-9-5-7-16/h11-12H,4-10H2,1-3H3/t12-/m0/s1. The Hall–Kier alpha value is -0.680. The molecule has 0 spiro atoms. The van der Waals surface area contributed by atoms with E-state index in [1.807, 2.05) is 13.8 Å². The van der Waals surface area contributed by atoms with Crippen LogP contribution in [0.4, 0.5) is 4.79 Å². The summed E-state index contributed by atoms with van der Waals surface area (Å²) in [6, 6.07) is -0.649. The lowest BCUT2D eigenvalue weighted by Crippen LogP contribution is -2.44. The van der Waals surface area contributed by atoms with Crippen LogP contribution in [-0.2, 0) is 14.3 Å². The number of alkyl halides is 2. The van der Waals surface area contributed by atoms with E-state index >= 15 is 0 Å². The second-order valence-corrected chi connectivity index (χ2v) is 5.88. The molecular formula is C14H25Cl2NO4. The fourth-order valence-corrected chi connectivity index (χ4v) is 1.84. The average Bonchev–Trinajstić information content (AvgIpc) is 2.44. The fraction of sp³-hybridized carbons (Fsp3) is 0.857. The fourth-order valence-electron chi connectivity index (χ4n) is 1.63.